The molecule has 0 N–H and O–H groups in total. The summed E-state index contributed by atoms with van der Waals surface area (Å²) >= 11 is 0. The first-order valence-corrected chi connectivity index (χ1v) is 8.52. The van der Waals surface area contributed by atoms with Gasteiger partial charge in [-0.1, -0.05) is 36.4 Å². The fraction of sp³-hybridized carbons (Fsp3) is 0.0455. The van der Waals surface area contributed by atoms with Crippen molar-refractivity contribution in [1.82, 2.24) is 8.97 Å². The predicted molar refractivity (Wildman–Crippen MR) is 102 cm³/mol. The summed E-state index contributed by atoms with van der Waals surface area (Å²) in [6.07, 6.45) is 6.24. The number of nitrogens with zero attached hydrogens (tertiary/aromatic N) is 3. The van der Waals surface area contributed by atoms with Crippen LogP contribution in [0, 0.1) is 0 Å². The van der Waals surface area contributed by atoms with E-state index in [2.05, 4.69) is 92.9 Å². The average Bonchev–Trinajstić information content (AvgIpc) is 3.32. The maximum Gasteiger partial charge on any atom is 0.248 e. The summed E-state index contributed by atoms with van der Waals surface area (Å²) < 4.78 is 6.63. The van der Waals surface area contributed by atoms with Crippen LogP contribution in [0.25, 0.3) is 43.8 Å². The van der Waals surface area contributed by atoms with Crippen LogP contribution in [0.15, 0.2) is 79.4 Å². The molecule has 0 spiro atoms. The van der Waals surface area contributed by atoms with Crippen LogP contribution in [0.1, 0.15) is 0 Å². The second-order valence-electron chi connectivity index (χ2n) is 6.74. The number of aryl methyl sites for hydroxylation is 1. The third-order valence-electron chi connectivity index (χ3n) is 5.27. The minimum absolute atomic E-state index is 1.19. The first kappa shape index (κ1) is 13.0. The van der Waals surface area contributed by atoms with E-state index >= 15 is 0 Å². The topological polar surface area (TPSA) is 13.2 Å². The summed E-state index contributed by atoms with van der Waals surface area (Å²) in [4.78, 5) is 0. The highest BCUT2D eigenvalue weighted by Gasteiger charge is 2.17. The molecule has 0 saturated heterocycles. The normalized spacial score (nSPS) is 12.2. The molecule has 0 unspecified atom stereocenters. The van der Waals surface area contributed by atoms with Gasteiger partial charge >= 0.3 is 0 Å². The molecule has 0 bridgehead atoms. The maximum atomic E-state index is 2.41. The van der Waals surface area contributed by atoms with Gasteiger partial charge in [-0.05, 0) is 24.3 Å². The molecule has 25 heavy (non-hydrogen) atoms. The molecule has 3 heterocycles. The van der Waals surface area contributed by atoms with Crippen LogP contribution < -0.4 is 4.57 Å². The molecule has 0 fully saturated rings. The molecule has 0 atom stereocenters. The highest BCUT2D eigenvalue weighted by atomic mass is 15.1. The third-order valence-corrected chi connectivity index (χ3v) is 5.27. The fourth-order valence-electron chi connectivity index (χ4n) is 4.18. The van der Waals surface area contributed by atoms with Gasteiger partial charge < -0.3 is 4.40 Å². The number of aromatic nitrogens is 3. The van der Waals surface area contributed by atoms with Gasteiger partial charge in [-0.25, -0.2) is 9.13 Å². The molecule has 0 saturated carbocycles. The van der Waals surface area contributed by atoms with Crippen molar-refractivity contribution in [3.63, 3.8) is 0 Å². The van der Waals surface area contributed by atoms with E-state index in [0.29, 0.717) is 0 Å². The molecule has 0 amide bonds. The molecule has 6 aromatic rings. The van der Waals surface area contributed by atoms with Crippen LogP contribution in [0.3, 0.4) is 0 Å². The molecule has 0 aliphatic rings. The zero-order chi connectivity index (χ0) is 16.5. The number of para-hydroxylation sites is 2. The lowest BCUT2D eigenvalue weighted by Crippen LogP contribution is -2.23. The van der Waals surface area contributed by atoms with Crippen LogP contribution >= 0.6 is 0 Å². The summed E-state index contributed by atoms with van der Waals surface area (Å²) in [7, 11) is 2.04. The summed E-state index contributed by atoms with van der Waals surface area (Å²) in [5.74, 6) is 0. The number of hydrogen-bond acceptors (Lipinski definition) is 0. The van der Waals surface area contributed by atoms with Gasteiger partial charge in [0, 0.05) is 21.5 Å². The van der Waals surface area contributed by atoms with E-state index < -0.39 is 0 Å². The van der Waals surface area contributed by atoms with Gasteiger partial charge in [0.25, 0.3) is 0 Å². The predicted octanol–water partition coefficient (Wildman–Crippen LogP) is 4.45. The summed E-state index contributed by atoms with van der Waals surface area (Å²) in [6.45, 7) is 0. The smallest absolute Gasteiger partial charge is 0.248 e. The highest BCUT2D eigenvalue weighted by Crippen LogP contribution is 2.39. The molecule has 0 aliphatic heterocycles. The highest BCUT2D eigenvalue weighted by molar-refractivity contribution is 6.23. The van der Waals surface area contributed by atoms with Crippen LogP contribution in [0.2, 0.25) is 0 Å². The van der Waals surface area contributed by atoms with Crippen LogP contribution in [0.4, 0.5) is 0 Å². The van der Waals surface area contributed by atoms with Crippen molar-refractivity contribution < 1.29 is 4.57 Å². The zero-order valence-electron chi connectivity index (χ0n) is 13.8. The lowest BCUT2D eigenvalue weighted by Gasteiger charge is -1.99. The van der Waals surface area contributed by atoms with Crippen LogP contribution in [0.5, 0.6) is 0 Å². The van der Waals surface area contributed by atoms with Crippen molar-refractivity contribution >= 4 is 38.1 Å². The molecule has 6 rings (SSSR count). The van der Waals surface area contributed by atoms with Gasteiger partial charge in [0.15, 0.2) is 0 Å². The Hall–Kier alpha value is -3.33. The van der Waals surface area contributed by atoms with E-state index in [0.717, 1.165) is 0 Å². The quantitative estimate of drug-likeness (QED) is 0.397. The lowest BCUT2D eigenvalue weighted by atomic mass is 10.1. The van der Waals surface area contributed by atoms with Gasteiger partial charge in [0.2, 0.25) is 6.33 Å². The minimum atomic E-state index is 1.19. The van der Waals surface area contributed by atoms with E-state index in [-0.39, 0.29) is 0 Å². The second kappa shape index (κ2) is 4.39. The summed E-state index contributed by atoms with van der Waals surface area (Å²) in [6, 6.07) is 22.1. The second-order valence-corrected chi connectivity index (χ2v) is 6.74. The zero-order valence-corrected chi connectivity index (χ0v) is 13.8. The first-order valence-electron chi connectivity index (χ1n) is 8.52. The fourth-order valence-corrected chi connectivity index (χ4v) is 4.18. The van der Waals surface area contributed by atoms with Crippen molar-refractivity contribution in [1.29, 1.82) is 0 Å². The number of fused-ring (bicyclic) bond motifs is 6. The molecule has 3 aromatic carbocycles. The molecular formula is C22H16N3+. The largest absolute Gasteiger partial charge is 0.308 e. The van der Waals surface area contributed by atoms with Crippen molar-refractivity contribution in [2.45, 2.75) is 0 Å². The molecular weight excluding hydrogens is 306 g/mol. The SMILES string of the molecule is C[n+]1ccn(-c2ccc3c(c2)c2cccc4c5ccccc5n3c42)c1. The Morgan fingerprint density at radius 3 is 2.36 bits per heavy atom. The van der Waals surface area contributed by atoms with E-state index in [1.54, 1.807) is 0 Å². The van der Waals surface area contributed by atoms with E-state index in [1.165, 1.54) is 43.8 Å². The van der Waals surface area contributed by atoms with E-state index in [9.17, 15) is 0 Å². The Labute approximate surface area is 144 Å². The number of rotatable bonds is 1. The molecule has 118 valence electrons. The van der Waals surface area contributed by atoms with Gasteiger partial charge in [-0.2, -0.15) is 0 Å². The standard InChI is InChI=1S/C22H16N3/c1-23-11-12-24(14-23)15-9-10-21-19(13-15)18-7-4-6-17-16-5-2-3-8-20(16)25(21)22(17)18/h2-14H,1H3/q+1. The maximum absolute atomic E-state index is 2.41. The monoisotopic (exact) mass is 322 g/mol. The van der Waals surface area contributed by atoms with Crippen LogP contribution in [-0.4, -0.2) is 8.97 Å². The first-order chi connectivity index (χ1) is 12.3. The van der Waals surface area contributed by atoms with Gasteiger partial charge in [-0.15, -0.1) is 0 Å². The molecule has 0 aliphatic carbocycles. The van der Waals surface area contributed by atoms with Crippen molar-refractivity contribution in [2.24, 2.45) is 7.05 Å². The number of benzene rings is 3. The average molecular weight is 322 g/mol. The summed E-state index contributed by atoms with van der Waals surface area (Å²) in [5.41, 5.74) is 5.07. The molecule has 3 heteroatoms. The van der Waals surface area contributed by atoms with Crippen molar-refractivity contribution in [3.05, 3.63) is 79.4 Å². The van der Waals surface area contributed by atoms with Gasteiger partial charge in [0.05, 0.1) is 23.6 Å². The minimum Gasteiger partial charge on any atom is -0.308 e. The van der Waals surface area contributed by atoms with E-state index in [4.69, 9.17) is 0 Å². The molecule has 0 radical (unpaired) electrons. The van der Waals surface area contributed by atoms with Gasteiger partial charge in [-0.3, -0.25) is 0 Å². The number of imidazole rings is 1. The Balaban J connectivity index is 1.81. The molecule has 3 aromatic heterocycles. The summed E-state index contributed by atoms with van der Waals surface area (Å²) in [5, 5.41) is 5.28. The van der Waals surface area contributed by atoms with Gasteiger partial charge in [0.1, 0.15) is 18.1 Å². The van der Waals surface area contributed by atoms with Crippen LogP contribution in [-0.2, 0) is 7.05 Å². The number of hydrogen-bond donors (Lipinski definition) is 0. The Kier molecular flexibility index (Phi) is 2.29. The third kappa shape index (κ3) is 1.57. The lowest BCUT2D eigenvalue weighted by molar-refractivity contribution is -0.670. The van der Waals surface area contributed by atoms with Crippen molar-refractivity contribution in [3.8, 4) is 5.69 Å². The van der Waals surface area contributed by atoms with Crippen molar-refractivity contribution in [2.75, 3.05) is 0 Å². The Morgan fingerprint density at radius 2 is 1.52 bits per heavy atom. The molecule has 3 nitrogen and oxygen atoms in total. The Morgan fingerprint density at radius 1 is 0.760 bits per heavy atom. The van der Waals surface area contributed by atoms with E-state index in [1.807, 2.05) is 7.05 Å². The Bertz CT molecular complexity index is 1400.